The SMILES string of the molecule is CCc1nc(C(=O)Nc2cccc3c2CCCC3)n[nH]1. The van der Waals surface area contributed by atoms with Crippen LogP contribution in [0.15, 0.2) is 18.2 Å². The van der Waals surface area contributed by atoms with Gasteiger partial charge in [-0.2, -0.15) is 0 Å². The van der Waals surface area contributed by atoms with Gasteiger partial charge in [0, 0.05) is 12.1 Å². The zero-order valence-electron chi connectivity index (χ0n) is 11.6. The van der Waals surface area contributed by atoms with E-state index in [1.165, 1.54) is 24.0 Å². The molecule has 2 N–H and O–H groups in total. The van der Waals surface area contributed by atoms with Crippen LogP contribution in [0.25, 0.3) is 0 Å². The van der Waals surface area contributed by atoms with Gasteiger partial charge in [-0.15, -0.1) is 5.10 Å². The van der Waals surface area contributed by atoms with Gasteiger partial charge in [0.15, 0.2) is 0 Å². The number of hydrogen-bond acceptors (Lipinski definition) is 3. The Bertz CT molecular complexity index is 633. The number of fused-ring (bicyclic) bond motifs is 1. The first kappa shape index (κ1) is 12.8. The van der Waals surface area contributed by atoms with Crippen molar-refractivity contribution in [2.45, 2.75) is 39.0 Å². The van der Waals surface area contributed by atoms with Gasteiger partial charge in [-0.05, 0) is 42.9 Å². The largest absolute Gasteiger partial charge is 0.319 e. The average molecular weight is 270 g/mol. The van der Waals surface area contributed by atoms with Crippen LogP contribution in [0.4, 0.5) is 5.69 Å². The van der Waals surface area contributed by atoms with E-state index >= 15 is 0 Å². The van der Waals surface area contributed by atoms with Crippen molar-refractivity contribution in [3.05, 3.63) is 41.0 Å². The summed E-state index contributed by atoms with van der Waals surface area (Å²) in [6, 6.07) is 6.09. The molecule has 1 heterocycles. The molecule has 1 aliphatic rings. The number of benzene rings is 1. The highest BCUT2D eigenvalue weighted by Crippen LogP contribution is 2.27. The number of aryl methyl sites for hydroxylation is 2. The number of H-pyrrole nitrogens is 1. The molecular formula is C15H18N4O. The summed E-state index contributed by atoms with van der Waals surface area (Å²) < 4.78 is 0. The van der Waals surface area contributed by atoms with Crippen molar-refractivity contribution in [3.63, 3.8) is 0 Å². The maximum absolute atomic E-state index is 12.2. The van der Waals surface area contributed by atoms with Crippen molar-refractivity contribution in [2.75, 3.05) is 5.32 Å². The fourth-order valence-corrected chi connectivity index (χ4v) is 2.63. The highest BCUT2D eigenvalue weighted by atomic mass is 16.2. The van der Waals surface area contributed by atoms with E-state index in [2.05, 4.69) is 26.6 Å². The molecule has 3 rings (SSSR count). The molecular weight excluding hydrogens is 252 g/mol. The van der Waals surface area contributed by atoms with Crippen LogP contribution in [0.5, 0.6) is 0 Å². The zero-order valence-corrected chi connectivity index (χ0v) is 11.6. The van der Waals surface area contributed by atoms with Gasteiger partial charge in [0.25, 0.3) is 5.91 Å². The number of carbonyl (C=O) groups is 1. The van der Waals surface area contributed by atoms with Crippen molar-refractivity contribution in [3.8, 4) is 0 Å². The van der Waals surface area contributed by atoms with Crippen molar-refractivity contribution in [1.29, 1.82) is 0 Å². The minimum absolute atomic E-state index is 0.204. The van der Waals surface area contributed by atoms with Gasteiger partial charge in [0.05, 0.1) is 0 Å². The molecule has 5 nitrogen and oxygen atoms in total. The van der Waals surface area contributed by atoms with E-state index in [0.717, 1.165) is 30.8 Å². The van der Waals surface area contributed by atoms with E-state index in [1.807, 2.05) is 19.1 Å². The zero-order chi connectivity index (χ0) is 13.9. The van der Waals surface area contributed by atoms with Gasteiger partial charge < -0.3 is 5.32 Å². The fourth-order valence-electron chi connectivity index (χ4n) is 2.63. The van der Waals surface area contributed by atoms with E-state index in [0.29, 0.717) is 0 Å². The number of carbonyl (C=O) groups excluding carboxylic acids is 1. The molecule has 20 heavy (non-hydrogen) atoms. The smallest absolute Gasteiger partial charge is 0.295 e. The van der Waals surface area contributed by atoms with Crippen LogP contribution in [0, 0.1) is 0 Å². The summed E-state index contributed by atoms with van der Waals surface area (Å²) in [5.74, 6) is 0.681. The first-order chi connectivity index (χ1) is 9.78. The van der Waals surface area contributed by atoms with Gasteiger partial charge in [-0.1, -0.05) is 19.1 Å². The molecule has 0 saturated heterocycles. The van der Waals surface area contributed by atoms with E-state index in [4.69, 9.17) is 0 Å². The van der Waals surface area contributed by atoms with Crippen molar-refractivity contribution >= 4 is 11.6 Å². The Morgan fingerprint density at radius 1 is 1.35 bits per heavy atom. The van der Waals surface area contributed by atoms with Gasteiger partial charge in [-0.3, -0.25) is 9.89 Å². The van der Waals surface area contributed by atoms with Crippen LogP contribution in [0.3, 0.4) is 0 Å². The number of nitrogens with one attached hydrogen (secondary N) is 2. The molecule has 0 spiro atoms. The molecule has 0 radical (unpaired) electrons. The Labute approximate surface area is 117 Å². The third kappa shape index (κ3) is 2.43. The summed E-state index contributed by atoms with van der Waals surface area (Å²) >= 11 is 0. The molecule has 2 aromatic rings. The van der Waals surface area contributed by atoms with Crippen molar-refractivity contribution in [2.24, 2.45) is 0 Å². The number of rotatable bonds is 3. The summed E-state index contributed by atoms with van der Waals surface area (Å²) in [7, 11) is 0. The van der Waals surface area contributed by atoms with Crippen LogP contribution in [0.2, 0.25) is 0 Å². The number of aromatic nitrogens is 3. The molecule has 0 fully saturated rings. The topological polar surface area (TPSA) is 70.7 Å². The maximum Gasteiger partial charge on any atom is 0.295 e. The van der Waals surface area contributed by atoms with Gasteiger partial charge >= 0.3 is 0 Å². The minimum atomic E-state index is -0.250. The third-order valence-corrected chi connectivity index (χ3v) is 3.71. The highest BCUT2D eigenvalue weighted by molar-refractivity contribution is 6.02. The first-order valence-electron chi connectivity index (χ1n) is 7.11. The van der Waals surface area contributed by atoms with Crippen molar-refractivity contribution < 1.29 is 4.79 Å². The normalized spacial score (nSPS) is 13.8. The van der Waals surface area contributed by atoms with Gasteiger partial charge in [-0.25, -0.2) is 4.98 Å². The second-order valence-electron chi connectivity index (χ2n) is 5.06. The summed E-state index contributed by atoms with van der Waals surface area (Å²) in [4.78, 5) is 16.3. The monoisotopic (exact) mass is 270 g/mol. The Kier molecular flexibility index (Phi) is 3.50. The summed E-state index contributed by atoms with van der Waals surface area (Å²) in [6.07, 6.45) is 5.27. The lowest BCUT2D eigenvalue weighted by atomic mass is 9.90. The molecule has 0 aliphatic heterocycles. The van der Waals surface area contributed by atoms with E-state index in [9.17, 15) is 4.79 Å². The second-order valence-corrected chi connectivity index (χ2v) is 5.06. The molecule has 1 aliphatic carbocycles. The lowest BCUT2D eigenvalue weighted by molar-refractivity contribution is 0.101. The molecule has 1 aromatic heterocycles. The molecule has 5 heteroatoms. The lowest BCUT2D eigenvalue weighted by Gasteiger charge is -2.19. The molecule has 0 atom stereocenters. The number of anilines is 1. The molecule has 0 unspecified atom stereocenters. The fraction of sp³-hybridized carbons (Fsp3) is 0.400. The Morgan fingerprint density at radius 3 is 3.00 bits per heavy atom. The Morgan fingerprint density at radius 2 is 2.20 bits per heavy atom. The van der Waals surface area contributed by atoms with E-state index < -0.39 is 0 Å². The van der Waals surface area contributed by atoms with Crippen LogP contribution in [0.1, 0.15) is 47.3 Å². The van der Waals surface area contributed by atoms with E-state index in [1.54, 1.807) is 0 Å². The molecule has 1 amide bonds. The van der Waals surface area contributed by atoms with Crippen LogP contribution >= 0.6 is 0 Å². The molecule has 1 aromatic carbocycles. The second kappa shape index (κ2) is 5.45. The summed E-state index contributed by atoms with van der Waals surface area (Å²) in [5.41, 5.74) is 3.51. The molecule has 104 valence electrons. The number of aromatic amines is 1. The number of nitrogens with zero attached hydrogens (tertiary/aromatic N) is 2. The van der Waals surface area contributed by atoms with Crippen LogP contribution in [-0.4, -0.2) is 21.1 Å². The minimum Gasteiger partial charge on any atom is -0.319 e. The Hall–Kier alpha value is -2.17. The quantitative estimate of drug-likeness (QED) is 0.900. The summed E-state index contributed by atoms with van der Waals surface area (Å²) in [5, 5.41) is 9.65. The van der Waals surface area contributed by atoms with Crippen LogP contribution < -0.4 is 5.32 Å². The first-order valence-corrected chi connectivity index (χ1v) is 7.11. The third-order valence-electron chi connectivity index (χ3n) is 3.71. The standard InChI is InChI=1S/C15H18N4O/c1-2-13-17-14(19-18-13)15(20)16-12-9-5-7-10-6-3-4-8-11(10)12/h5,7,9H,2-4,6,8H2,1H3,(H,16,20)(H,17,18,19). The predicted octanol–water partition coefficient (Wildman–Crippen LogP) is 2.50. The number of amides is 1. The van der Waals surface area contributed by atoms with E-state index in [-0.39, 0.29) is 11.7 Å². The maximum atomic E-state index is 12.2. The Balaban J connectivity index is 1.82. The molecule has 0 saturated carbocycles. The lowest BCUT2D eigenvalue weighted by Crippen LogP contribution is -2.16. The van der Waals surface area contributed by atoms with Gasteiger partial charge in [0.2, 0.25) is 5.82 Å². The van der Waals surface area contributed by atoms with Crippen LogP contribution in [-0.2, 0) is 19.3 Å². The predicted molar refractivity (Wildman–Crippen MR) is 76.8 cm³/mol. The average Bonchev–Trinajstić information content (AvgIpc) is 2.97. The highest BCUT2D eigenvalue weighted by Gasteiger charge is 2.17. The number of hydrogen-bond donors (Lipinski definition) is 2. The van der Waals surface area contributed by atoms with Gasteiger partial charge in [0.1, 0.15) is 5.82 Å². The van der Waals surface area contributed by atoms with Crippen molar-refractivity contribution in [1.82, 2.24) is 15.2 Å². The summed E-state index contributed by atoms with van der Waals surface area (Å²) in [6.45, 7) is 1.97. The molecule has 0 bridgehead atoms.